The van der Waals surface area contributed by atoms with E-state index in [1.807, 2.05) is 30.3 Å². The average molecular weight is 366 g/mol. The Kier molecular flexibility index (Phi) is 4.85. The molecule has 0 radical (unpaired) electrons. The van der Waals surface area contributed by atoms with Gasteiger partial charge in [0.2, 0.25) is 11.8 Å². The molecule has 2 heterocycles. The predicted octanol–water partition coefficient (Wildman–Crippen LogP) is 2.70. The van der Waals surface area contributed by atoms with Gasteiger partial charge in [-0.1, -0.05) is 42.0 Å². The SMILES string of the molecule is CC1=CC[C@@H](C(=O)N2C(=O)[C@H]3CCCN3C(=O)[C@@H]2Cc2ccccc2)CC1. The molecule has 3 amide bonds. The number of fused-ring (bicyclic) bond motifs is 1. The van der Waals surface area contributed by atoms with Crippen molar-refractivity contribution in [2.45, 2.75) is 57.5 Å². The highest BCUT2D eigenvalue weighted by molar-refractivity contribution is 6.07. The van der Waals surface area contributed by atoms with Crippen LogP contribution in [0.4, 0.5) is 0 Å². The number of rotatable bonds is 3. The van der Waals surface area contributed by atoms with E-state index in [-0.39, 0.29) is 23.6 Å². The summed E-state index contributed by atoms with van der Waals surface area (Å²) in [5.41, 5.74) is 2.27. The Labute approximate surface area is 160 Å². The number of allylic oxidation sites excluding steroid dienone is 2. The molecule has 2 fully saturated rings. The molecule has 4 rings (SSSR count). The van der Waals surface area contributed by atoms with Crippen molar-refractivity contribution in [2.24, 2.45) is 5.92 Å². The predicted molar refractivity (Wildman–Crippen MR) is 102 cm³/mol. The van der Waals surface area contributed by atoms with Gasteiger partial charge in [-0.15, -0.1) is 0 Å². The van der Waals surface area contributed by atoms with Gasteiger partial charge in [0.05, 0.1) is 0 Å². The minimum atomic E-state index is -0.714. The Morgan fingerprint density at radius 2 is 1.89 bits per heavy atom. The van der Waals surface area contributed by atoms with Crippen LogP contribution in [0, 0.1) is 5.92 Å². The Morgan fingerprint density at radius 1 is 1.11 bits per heavy atom. The maximum atomic E-state index is 13.3. The van der Waals surface area contributed by atoms with Gasteiger partial charge < -0.3 is 4.90 Å². The summed E-state index contributed by atoms with van der Waals surface area (Å²) in [5.74, 6) is -0.609. The zero-order chi connectivity index (χ0) is 19.0. The second-order valence-corrected chi connectivity index (χ2v) is 7.96. The molecule has 1 aromatic carbocycles. The lowest BCUT2D eigenvalue weighted by Gasteiger charge is -2.42. The van der Waals surface area contributed by atoms with Gasteiger partial charge in [-0.3, -0.25) is 19.3 Å². The first-order chi connectivity index (χ1) is 13.1. The molecule has 0 N–H and O–H groups in total. The zero-order valence-electron chi connectivity index (χ0n) is 15.8. The number of nitrogens with zero attached hydrogens (tertiary/aromatic N) is 2. The number of carbonyl (C=O) groups is 3. The monoisotopic (exact) mass is 366 g/mol. The topological polar surface area (TPSA) is 57.7 Å². The van der Waals surface area contributed by atoms with E-state index < -0.39 is 12.1 Å². The number of benzene rings is 1. The van der Waals surface area contributed by atoms with Crippen LogP contribution in [0.5, 0.6) is 0 Å². The van der Waals surface area contributed by atoms with E-state index in [4.69, 9.17) is 0 Å². The minimum absolute atomic E-state index is 0.0724. The van der Waals surface area contributed by atoms with Crippen molar-refractivity contribution in [2.75, 3.05) is 6.54 Å². The molecule has 3 aliphatic rings. The van der Waals surface area contributed by atoms with Crippen LogP contribution >= 0.6 is 0 Å². The number of amides is 3. The molecule has 0 spiro atoms. The van der Waals surface area contributed by atoms with Crippen molar-refractivity contribution in [3.05, 3.63) is 47.5 Å². The van der Waals surface area contributed by atoms with Gasteiger partial charge in [-0.25, -0.2) is 0 Å². The molecule has 1 aromatic rings. The van der Waals surface area contributed by atoms with Gasteiger partial charge in [0.15, 0.2) is 0 Å². The largest absolute Gasteiger partial charge is 0.329 e. The van der Waals surface area contributed by atoms with Crippen LogP contribution in [-0.4, -0.2) is 46.1 Å². The Balaban J connectivity index is 1.64. The summed E-state index contributed by atoms with van der Waals surface area (Å²) in [6.45, 7) is 2.69. The summed E-state index contributed by atoms with van der Waals surface area (Å²) < 4.78 is 0. The van der Waals surface area contributed by atoms with Crippen LogP contribution in [0.1, 0.15) is 44.6 Å². The molecule has 27 heavy (non-hydrogen) atoms. The Morgan fingerprint density at radius 3 is 2.59 bits per heavy atom. The van der Waals surface area contributed by atoms with Crippen molar-refractivity contribution in [1.29, 1.82) is 0 Å². The van der Waals surface area contributed by atoms with E-state index in [0.29, 0.717) is 25.8 Å². The minimum Gasteiger partial charge on any atom is -0.329 e. The first-order valence-electron chi connectivity index (χ1n) is 9.93. The number of hydrogen-bond acceptors (Lipinski definition) is 3. The fourth-order valence-electron chi connectivity index (χ4n) is 4.57. The van der Waals surface area contributed by atoms with Gasteiger partial charge in [0.25, 0.3) is 5.91 Å². The molecular weight excluding hydrogens is 340 g/mol. The number of hydrogen-bond donors (Lipinski definition) is 0. The molecule has 142 valence electrons. The van der Waals surface area contributed by atoms with Crippen molar-refractivity contribution in [3.8, 4) is 0 Å². The fraction of sp³-hybridized carbons (Fsp3) is 0.500. The van der Waals surface area contributed by atoms with Gasteiger partial charge in [0, 0.05) is 18.9 Å². The molecule has 3 atom stereocenters. The standard InChI is InChI=1S/C22H26N2O3/c1-15-9-11-17(12-10-15)20(25)24-19(14-16-6-3-2-4-7-16)21(26)23-13-5-8-18(23)22(24)27/h2-4,6-7,9,17-19H,5,8,10-14H2,1H3/t17-,18-,19+/m1/s1. The molecule has 1 aliphatic carbocycles. The molecule has 5 nitrogen and oxygen atoms in total. The molecule has 0 saturated carbocycles. The van der Waals surface area contributed by atoms with Crippen LogP contribution < -0.4 is 0 Å². The maximum absolute atomic E-state index is 13.3. The summed E-state index contributed by atoms with van der Waals surface area (Å²) in [5, 5.41) is 0. The summed E-state index contributed by atoms with van der Waals surface area (Å²) in [7, 11) is 0. The molecule has 5 heteroatoms. The van der Waals surface area contributed by atoms with Gasteiger partial charge in [-0.05, 0) is 44.6 Å². The third-order valence-corrected chi connectivity index (χ3v) is 6.15. The van der Waals surface area contributed by atoms with Gasteiger partial charge in [-0.2, -0.15) is 0 Å². The summed E-state index contributed by atoms with van der Waals surface area (Å²) in [4.78, 5) is 42.7. The average Bonchev–Trinajstić information content (AvgIpc) is 3.18. The highest BCUT2D eigenvalue weighted by atomic mass is 16.2. The van der Waals surface area contributed by atoms with Crippen LogP contribution in [0.15, 0.2) is 42.0 Å². The van der Waals surface area contributed by atoms with E-state index in [2.05, 4.69) is 13.0 Å². The van der Waals surface area contributed by atoms with Crippen LogP contribution in [0.25, 0.3) is 0 Å². The van der Waals surface area contributed by atoms with Crippen LogP contribution in [0.3, 0.4) is 0 Å². The Hall–Kier alpha value is -2.43. The summed E-state index contributed by atoms with van der Waals surface area (Å²) >= 11 is 0. The van der Waals surface area contributed by atoms with E-state index in [9.17, 15) is 14.4 Å². The molecule has 2 saturated heterocycles. The van der Waals surface area contributed by atoms with E-state index in [0.717, 1.165) is 24.8 Å². The first kappa shape index (κ1) is 18.0. The van der Waals surface area contributed by atoms with Crippen molar-refractivity contribution < 1.29 is 14.4 Å². The van der Waals surface area contributed by atoms with Crippen LogP contribution in [0.2, 0.25) is 0 Å². The maximum Gasteiger partial charge on any atom is 0.252 e. The summed E-state index contributed by atoms with van der Waals surface area (Å²) in [6, 6.07) is 8.50. The van der Waals surface area contributed by atoms with E-state index >= 15 is 0 Å². The molecular formula is C22H26N2O3. The third kappa shape index (κ3) is 3.31. The second kappa shape index (κ2) is 7.29. The zero-order valence-corrected chi connectivity index (χ0v) is 15.8. The number of imide groups is 1. The van der Waals surface area contributed by atoms with Crippen molar-refractivity contribution in [1.82, 2.24) is 9.80 Å². The van der Waals surface area contributed by atoms with Crippen LogP contribution in [-0.2, 0) is 20.8 Å². The van der Waals surface area contributed by atoms with Crippen molar-refractivity contribution >= 4 is 17.7 Å². The second-order valence-electron chi connectivity index (χ2n) is 7.96. The van der Waals surface area contributed by atoms with Gasteiger partial charge in [0.1, 0.15) is 12.1 Å². The van der Waals surface area contributed by atoms with E-state index in [1.54, 1.807) is 4.90 Å². The fourth-order valence-corrected chi connectivity index (χ4v) is 4.57. The van der Waals surface area contributed by atoms with Gasteiger partial charge >= 0.3 is 0 Å². The highest BCUT2D eigenvalue weighted by Crippen LogP contribution is 2.32. The summed E-state index contributed by atoms with van der Waals surface area (Å²) in [6.07, 6.45) is 6.27. The quantitative estimate of drug-likeness (QED) is 0.610. The molecule has 0 aromatic heterocycles. The normalized spacial score (nSPS) is 28.2. The number of carbonyl (C=O) groups excluding carboxylic acids is 3. The first-order valence-corrected chi connectivity index (χ1v) is 9.93. The Bertz CT molecular complexity index is 786. The highest BCUT2D eigenvalue weighted by Gasteiger charge is 2.50. The van der Waals surface area contributed by atoms with Crippen molar-refractivity contribution in [3.63, 3.8) is 0 Å². The third-order valence-electron chi connectivity index (χ3n) is 6.15. The molecule has 0 bridgehead atoms. The molecule has 2 aliphatic heterocycles. The smallest absolute Gasteiger partial charge is 0.252 e. The lowest BCUT2D eigenvalue weighted by Crippen LogP contribution is -2.65. The lowest BCUT2D eigenvalue weighted by molar-refractivity contribution is -0.167. The van der Waals surface area contributed by atoms with E-state index in [1.165, 1.54) is 10.5 Å². The number of piperazine rings is 1. The molecule has 0 unspecified atom stereocenters. The lowest BCUT2D eigenvalue weighted by atomic mass is 9.87.